The van der Waals surface area contributed by atoms with Gasteiger partial charge in [-0.3, -0.25) is 9.59 Å². The highest BCUT2D eigenvalue weighted by Crippen LogP contribution is 2.44. The van der Waals surface area contributed by atoms with E-state index in [4.69, 9.17) is 14.9 Å². The van der Waals surface area contributed by atoms with Gasteiger partial charge in [-0.15, -0.1) is 0 Å². The molecule has 2 N–H and O–H groups in total. The van der Waals surface area contributed by atoms with Gasteiger partial charge >= 0.3 is 11.9 Å². The van der Waals surface area contributed by atoms with Crippen LogP contribution in [-0.4, -0.2) is 41.7 Å². The normalized spacial score (nSPS) is 20.2. The zero-order valence-corrected chi connectivity index (χ0v) is 58.9. The van der Waals surface area contributed by atoms with Crippen LogP contribution in [0.1, 0.15) is 222 Å². The largest absolute Gasteiger partial charge is 0.478 e. The van der Waals surface area contributed by atoms with E-state index < -0.39 is 5.97 Å². The van der Waals surface area contributed by atoms with Crippen molar-refractivity contribution in [2.45, 2.75) is 222 Å². The first-order valence-corrected chi connectivity index (χ1v) is 32.2. The Morgan fingerprint density at radius 1 is 0.409 bits per heavy atom. The molecule has 4 rings (SSSR count). The van der Waals surface area contributed by atoms with Gasteiger partial charge in [0.2, 0.25) is 0 Å². The van der Waals surface area contributed by atoms with Crippen molar-refractivity contribution in [3.8, 4) is 0 Å². The number of aliphatic carboxylic acids is 1. The number of carbonyl (C=O) groups is 3. The summed E-state index contributed by atoms with van der Waals surface area (Å²) in [6.07, 6.45) is 64.3. The summed E-state index contributed by atoms with van der Waals surface area (Å²) >= 11 is 0. The molecular formula is C82H118O6. The van der Waals surface area contributed by atoms with Crippen LogP contribution in [0.3, 0.4) is 0 Å². The fraction of sp³-hybridized carbons (Fsp3) is 0.476. The maximum atomic E-state index is 10.7. The second-order valence-electron chi connectivity index (χ2n) is 27.3. The molecule has 0 amide bonds. The molecule has 0 atom stereocenters. The van der Waals surface area contributed by atoms with E-state index in [-0.39, 0.29) is 28.8 Å². The van der Waals surface area contributed by atoms with Gasteiger partial charge in [0.05, 0.1) is 6.61 Å². The highest BCUT2D eigenvalue weighted by molar-refractivity contribution is 5.81. The van der Waals surface area contributed by atoms with Crippen LogP contribution in [0.2, 0.25) is 0 Å². The third-order valence-electron chi connectivity index (χ3n) is 16.9. The van der Waals surface area contributed by atoms with E-state index >= 15 is 0 Å². The number of aliphatic hydroxyl groups is 1. The van der Waals surface area contributed by atoms with Crippen LogP contribution in [0, 0.1) is 21.7 Å². The van der Waals surface area contributed by atoms with Crippen LogP contribution in [0.25, 0.3) is 0 Å². The Bertz CT molecular complexity index is 2990. The molecule has 88 heavy (non-hydrogen) atoms. The molecule has 0 aromatic carbocycles. The number of rotatable bonds is 21. The van der Waals surface area contributed by atoms with Crippen LogP contribution in [-0.2, 0) is 19.1 Å². The monoisotopic (exact) mass is 1200 g/mol. The van der Waals surface area contributed by atoms with Crippen molar-refractivity contribution in [1.82, 2.24) is 0 Å². The smallest absolute Gasteiger partial charge is 0.328 e. The molecule has 0 aliphatic heterocycles. The number of esters is 1. The van der Waals surface area contributed by atoms with Gasteiger partial charge in [0.25, 0.3) is 0 Å². The summed E-state index contributed by atoms with van der Waals surface area (Å²) in [6.45, 7) is 45.6. The Morgan fingerprint density at radius 2 is 0.682 bits per heavy atom. The Kier molecular flexibility index (Phi) is 36.8. The van der Waals surface area contributed by atoms with E-state index in [2.05, 4.69) is 178 Å². The highest BCUT2D eigenvalue weighted by atomic mass is 16.5. The average Bonchev–Trinajstić information content (AvgIpc) is 3.16. The van der Waals surface area contributed by atoms with Crippen LogP contribution in [0.15, 0.2) is 235 Å². The molecule has 0 saturated heterocycles. The van der Waals surface area contributed by atoms with E-state index in [0.29, 0.717) is 12.0 Å². The number of hydrogen-bond acceptors (Lipinski definition) is 5. The fourth-order valence-corrected chi connectivity index (χ4v) is 11.5. The number of carboxylic acids is 1. The summed E-state index contributed by atoms with van der Waals surface area (Å²) in [7, 11) is 0. The molecular weight excluding hydrogens is 1080 g/mol. The Balaban J connectivity index is 0.000000587. The van der Waals surface area contributed by atoms with Gasteiger partial charge in [0.1, 0.15) is 12.9 Å². The minimum Gasteiger partial charge on any atom is -0.478 e. The van der Waals surface area contributed by atoms with Crippen molar-refractivity contribution < 1.29 is 29.3 Å². The number of carboxylic acid groups (broad SMARTS) is 1. The number of allylic oxidation sites excluding steroid dienone is 37. The van der Waals surface area contributed by atoms with E-state index in [9.17, 15) is 14.4 Å². The predicted octanol–water partition coefficient (Wildman–Crippen LogP) is 22.9. The number of aldehydes is 1. The van der Waals surface area contributed by atoms with E-state index in [1.165, 1.54) is 151 Å². The summed E-state index contributed by atoms with van der Waals surface area (Å²) in [5.41, 5.74) is 21.8. The number of aliphatic hydroxyl groups excluding tert-OH is 1. The van der Waals surface area contributed by atoms with Crippen LogP contribution in [0.4, 0.5) is 0 Å². The summed E-state index contributed by atoms with van der Waals surface area (Å²) < 4.78 is 4.89. The molecule has 0 aromatic heterocycles. The molecule has 0 fully saturated rings. The lowest BCUT2D eigenvalue weighted by molar-refractivity contribution is -0.139. The zero-order valence-electron chi connectivity index (χ0n) is 58.9. The summed E-state index contributed by atoms with van der Waals surface area (Å²) in [4.78, 5) is 31.6. The number of hydrogen-bond donors (Lipinski definition) is 2. The lowest BCUT2D eigenvalue weighted by Crippen LogP contribution is -2.19. The van der Waals surface area contributed by atoms with Crippen LogP contribution >= 0.6 is 0 Å². The highest BCUT2D eigenvalue weighted by Gasteiger charge is 2.29. The van der Waals surface area contributed by atoms with Crippen molar-refractivity contribution in [3.05, 3.63) is 235 Å². The van der Waals surface area contributed by atoms with Crippen molar-refractivity contribution >= 4 is 18.2 Å². The predicted molar refractivity (Wildman–Crippen MR) is 382 cm³/mol. The molecule has 0 aromatic rings. The molecule has 0 heterocycles. The Labute approximate surface area is 537 Å². The van der Waals surface area contributed by atoms with E-state index in [1.54, 1.807) is 25.2 Å². The van der Waals surface area contributed by atoms with E-state index in [0.717, 1.165) is 34.2 Å². The second kappa shape index (κ2) is 40.8. The zero-order chi connectivity index (χ0) is 66.7. The molecule has 482 valence electrons. The van der Waals surface area contributed by atoms with Crippen LogP contribution < -0.4 is 0 Å². The van der Waals surface area contributed by atoms with Crippen molar-refractivity contribution in [2.75, 3.05) is 13.2 Å². The SMILES string of the molecule is CC(=O)OC/C=C(C)/C=C/C=C(C)/C=C/C1=C(C)CCCC1(C)C.CC1=C(/C=C/C(C)=C/C=C/C(C)=C/C(=O)O)C(C)(C)CCC1.CC1=C(/C=C/C(C)=C/C=C/C(C)=C/C=O)C(C)(C)CCC1.CC1=C(/C=C/C(C)=C/C=C/C(C)=C/CO)C(C)(C)CCC1. The molecule has 6 nitrogen and oxygen atoms in total. The first-order valence-electron chi connectivity index (χ1n) is 32.2. The maximum absolute atomic E-state index is 10.7. The van der Waals surface area contributed by atoms with Crippen molar-refractivity contribution in [1.29, 1.82) is 0 Å². The van der Waals surface area contributed by atoms with Gasteiger partial charge in [0, 0.05) is 13.0 Å². The molecule has 4 aliphatic rings. The van der Waals surface area contributed by atoms with Gasteiger partial charge < -0.3 is 14.9 Å². The third kappa shape index (κ3) is 33.1. The average molecular weight is 1200 g/mol. The van der Waals surface area contributed by atoms with Crippen LogP contribution in [0.5, 0.6) is 0 Å². The minimum absolute atomic E-state index is 0.0985. The second-order valence-corrected chi connectivity index (χ2v) is 27.3. The van der Waals surface area contributed by atoms with Gasteiger partial charge in [-0.25, -0.2) is 4.79 Å². The summed E-state index contributed by atoms with van der Waals surface area (Å²) in [5, 5.41) is 17.5. The topological polar surface area (TPSA) is 101 Å². The molecule has 0 bridgehead atoms. The fourth-order valence-electron chi connectivity index (χ4n) is 11.5. The van der Waals surface area contributed by atoms with Gasteiger partial charge in [-0.1, -0.05) is 239 Å². The molecule has 6 heteroatoms. The first-order chi connectivity index (χ1) is 41.2. The first kappa shape index (κ1) is 79.4. The lowest BCUT2D eigenvalue weighted by atomic mass is 9.72. The standard InChI is InChI=1S/C22H32O2.C20H28O2.C20H30O.C20H28O/c1-17(9-7-10-18(2)14-16-24-20(4)23)12-13-21-19(3)11-8-15-22(21,5)6;1-15(8-6-9-16(2)14-19(21)22)11-12-18-17(3)10-7-13-20(18,4)5;2*1-16(8-6-9-17(2)13-15-21)11-12-19-18(3)10-7-14-20(19,4)5/h7,9-10,12-14H,8,11,15-16H2,1-6H3;6,8-9,11-12,14H,7,10,13H2,1-5H3,(H,21,22);6,8-9,11-13,21H,7,10,14-15H2,1-5H3;6,8-9,11-13,15H,7,10,14H2,1-5H3/b10-7+,13-12+,17-9+,18-14+;9-6+,12-11+,15-8+,16-14+;2*9-6+,12-11+,16-8+,17-13+. The maximum Gasteiger partial charge on any atom is 0.328 e. The molecule has 0 radical (unpaired) electrons. The summed E-state index contributed by atoms with van der Waals surface area (Å²) in [6, 6.07) is 0. The molecule has 0 spiro atoms. The Hall–Kier alpha value is -6.63. The van der Waals surface area contributed by atoms with Gasteiger partial charge in [-0.2, -0.15) is 0 Å². The summed E-state index contributed by atoms with van der Waals surface area (Å²) in [5.74, 6) is -1.16. The molecule has 0 unspecified atom stereocenters. The van der Waals surface area contributed by atoms with Crippen molar-refractivity contribution in [2.24, 2.45) is 21.7 Å². The minimum atomic E-state index is -0.912. The molecule has 0 saturated carbocycles. The van der Waals surface area contributed by atoms with Gasteiger partial charge in [0.15, 0.2) is 0 Å². The number of carbonyl (C=O) groups excluding carboxylic acids is 2. The Morgan fingerprint density at radius 3 is 0.943 bits per heavy atom. The van der Waals surface area contributed by atoms with E-state index in [1.807, 2.05) is 75.5 Å². The van der Waals surface area contributed by atoms with Crippen molar-refractivity contribution in [3.63, 3.8) is 0 Å². The lowest BCUT2D eigenvalue weighted by Gasteiger charge is -2.33. The quantitative estimate of drug-likeness (QED) is 0.0514. The molecule has 4 aliphatic carbocycles. The third-order valence-corrected chi connectivity index (χ3v) is 16.9. The van der Waals surface area contributed by atoms with Gasteiger partial charge in [-0.05, 0) is 227 Å². The number of ether oxygens (including phenoxy) is 1.